The lowest BCUT2D eigenvalue weighted by Crippen LogP contribution is -1.92. The predicted molar refractivity (Wildman–Crippen MR) is 87.9 cm³/mol. The summed E-state index contributed by atoms with van der Waals surface area (Å²) in [6, 6.07) is 21.8. The van der Waals surface area contributed by atoms with E-state index in [0.29, 0.717) is 5.56 Å². The zero-order valence-electron chi connectivity index (χ0n) is 12.1. The van der Waals surface area contributed by atoms with Crippen LogP contribution < -0.4 is 5.43 Å². The van der Waals surface area contributed by atoms with Gasteiger partial charge in [-0.05, 0) is 23.3 Å². The minimum Gasteiger partial charge on any atom is -0.279 e. The predicted octanol–water partition coefficient (Wildman–Crippen LogP) is 3.46. The Kier molecular flexibility index (Phi) is 5.25. The number of nitrogens with zero attached hydrogens (tertiary/aromatic N) is 4. The van der Waals surface area contributed by atoms with Gasteiger partial charge in [0.05, 0.1) is 17.5 Å². The molecular formula is C18H11N5. The number of hydrogen-bond donors (Lipinski definition) is 1. The fourth-order valence-corrected chi connectivity index (χ4v) is 1.83. The third kappa shape index (κ3) is 4.04. The van der Waals surface area contributed by atoms with Gasteiger partial charge in [0.1, 0.15) is 23.8 Å². The van der Waals surface area contributed by atoms with Crippen LogP contribution in [0, 0.1) is 34.0 Å². The molecule has 1 N–H and O–H groups in total. The van der Waals surface area contributed by atoms with E-state index in [2.05, 4.69) is 10.5 Å². The molecule has 0 spiro atoms. The smallest absolute Gasteiger partial charge is 0.148 e. The van der Waals surface area contributed by atoms with E-state index in [1.165, 1.54) is 0 Å². The highest BCUT2D eigenvalue weighted by atomic mass is 15.3. The molecule has 0 aromatic heterocycles. The van der Waals surface area contributed by atoms with Crippen molar-refractivity contribution in [2.24, 2.45) is 5.10 Å². The van der Waals surface area contributed by atoms with Crippen molar-refractivity contribution in [3.63, 3.8) is 0 Å². The summed E-state index contributed by atoms with van der Waals surface area (Å²) in [7, 11) is 0. The summed E-state index contributed by atoms with van der Waals surface area (Å²) in [5.74, 6) is 0. The molecule has 0 amide bonds. The van der Waals surface area contributed by atoms with Crippen LogP contribution in [-0.2, 0) is 0 Å². The molecule has 2 aromatic carbocycles. The molecule has 108 valence electrons. The molecule has 0 atom stereocenters. The lowest BCUT2D eigenvalue weighted by molar-refractivity contribution is 1.35. The van der Waals surface area contributed by atoms with E-state index in [4.69, 9.17) is 15.8 Å². The summed E-state index contributed by atoms with van der Waals surface area (Å²) >= 11 is 0. The lowest BCUT2D eigenvalue weighted by Gasteiger charge is -2.03. The Labute approximate surface area is 134 Å². The maximum atomic E-state index is 9.10. The maximum Gasteiger partial charge on any atom is 0.148 e. The van der Waals surface area contributed by atoms with Crippen LogP contribution in [0.2, 0.25) is 0 Å². The molecule has 0 aliphatic rings. The first kappa shape index (κ1) is 15.5. The first-order valence-corrected chi connectivity index (χ1v) is 6.67. The number of anilines is 1. The molecular weight excluding hydrogens is 286 g/mol. The van der Waals surface area contributed by atoms with Crippen molar-refractivity contribution in [1.29, 1.82) is 15.8 Å². The van der Waals surface area contributed by atoms with Gasteiger partial charge in [-0.15, -0.1) is 0 Å². The van der Waals surface area contributed by atoms with Crippen LogP contribution in [-0.4, -0.2) is 6.21 Å². The van der Waals surface area contributed by atoms with Gasteiger partial charge < -0.3 is 0 Å². The number of rotatable bonds is 4. The van der Waals surface area contributed by atoms with Crippen molar-refractivity contribution >= 4 is 17.5 Å². The van der Waals surface area contributed by atoms with E-state index in [-0.39, 0.29) is 11.1 Å². The summed E-state index contributed by atoms with van der Waals surface area (Å²) < 4.78 is 0. The summed E-state index contributed by atoms with van der Waals surface area (Å²) in [5.41, 5.74) is 4.96. The standard InChI is InChI=1S/C18H11N5/c19-10-16(11-20)18(12-21)15-6-8-17(9-7-15)23-22-13-14-4-2-1-3-5-14/h1-9,13,23H/b22-13+. The molecule has 0 unspecified atom stereocenters. The second-order valence-corrected chi connectivity index (χ2v) is 4.44. The minimum atomic E-state index is -0.199. The molecule has 2 rings (SSSR count). The van der Waals surface area contributed by atoms with Crippen molar-refractivity contribution in [1.82, 2.24) is 0 Å². The average molecular weight is 297 g/mol. The Hall–Kier alpha value is -3.88. The van der Waals surface area contributed by atoms with Gasteiger partial charge in [0, 0.05) is 0 Å². The topological polar surface area (TPSA) is 95.8 Å². The molecule has 0 aliphatic heterocycles. The summed E-state index contributed by atoms with van der Waals surface area (Å²) in [5, 5.41) is 30.9. The number of hydrazone groups is 1. The second kappa shape index (κ2) is 7.78. The second-order valence-electron chi connectivity index (χ2n) is 4.44. The van der Waals surface area contributed by atoms with Gasteiger partial charge in [0.15, 0.2) is 0 Å². The van der Waals surface area contributed by atoms with E-state index in [1.54, 1.807) is 42.6 Å². The van der Waals surface area contributed by atoms with Gasteiger partial charge in [0.2, 0.25) is 0 Å². The minimum absolute atomic E-state index is 0.0642. The van der Waals surface area contributed by atoms with Crippen LogP contribution >= 0.6 is 0 Å². The zero-order valence-corrected chi connectivity index (χ0v) is 12.1. The third-order valence-electron chi connectivity index (χ3n) is 2.97. The number of allylic oxidation sites excluding steroid dienone is 2. The van der Waals surface area contributed by atoms with Crippen molar-refractivity contribution in [2.75, 3.05) is 5.43 Å². The summed E-state index contributed by atoms with van der Waals surface area (Å²) in [6.07, 6.45) is 1.69. The molecule has 0 aliphatic carbocycles. The number of benzene rings is 2. The third-order valence-corrected chi connectivity index (χ3v) is 2.97. The average Bonchev–Trinajstić information content (AvgIpc) is 2.61. The molecule has 0 heterocycles. The van der Waals surface area contributed by atoms with E-state index in [9.17, 15) is 0 Å². The molecule has 23 heavy (non-hydrogen) atoms. The first-order valence-electron chi connectivity index (χ1n) is 6.67. The van der Waals surface area contributed by atoms with Crippen LogP contribution in [0.1, 0.15) is 11.1 Å². The normalized spacial score (nSPS) is 9.43. The summed E-state index contributed by atoms with van der Waals surface area (Å²) in [4.78, 5) is 0. The zero-order chi connectivity index (χ0) is 16.5. The fourth-order valence-electron chi connectivity index (χ4n) is 1.83. The molecule has 0 saturated heterocycles. The van der Waals surface area contributed by atoms with Gasteiger partial charge in [-0.1, -0.05) is 42.5 Å². The quantitative estimate of drug-likeness (QED) is 0.531. The molecule has 0 bridgehead atoms. The molecule has 5 nitrogen and oxygen atoms in total. The van der Waals surface area contributed by atoms with Crippen LogP contribution in [0.3, 0.4) is 0 Å². The highest BCUT2D eigenvalue weighted by Gasteiger charge is 2.08. The first-order chi connectivity index (χ1) is 11.3. The monoisotopic (exact) mass is 297 g/mol. The number of nitriles is 3. The Bertz CT molecular complexity index is 841. The molecule has 0 fully saturated rings. The van der Waals surface area contributed by atoms with Crippen molar-refractivity contribution in [3.8, 4) is 18.2 Å². The van der Waals surface area contributed by atoms with E-state index >= 15 is 0 Å². The van der Waals surface area contributed by atoms with Crippen molar-refractivity contribution in [2.45, 2.75) is 0 Å². The Morgan fingerprint density at radius 3 is 2.09 bits per heavy atom. The van der Waals surface area contributed by atoms with Crippen LogP contribution in [0.5, 0.6) is 0 Å². The number of hydrogen-bond acceptors (Lipinski definition) is 5. The van der Waals surface area contributed by atoms with Crippen molar-refractivity contribution in [3.05, 3.63) is 71.3 Å². The highest BCUT2D eigenvalue weighted by Crippen LogP contribution is 2.20. The Morgan fingerprint density at radius 2 is 1.52 bits per heavy atom. The van der Waals surface area contributed by atoms with E-state index in [0.717, 1.165) is 11.3 Å². The molecule has 0 radical (unpaired) electrons. The van der Waals surface area contributed by atoms with E-state index < -0.39 is 0 Å². The van der Waals surface area contributed by atoms with Crippen LogP contribution in [0.15, 0.2) is 65.3 Å². The molecule has 0 saturated carbocycles. The van der Waals surface area contributed by atoms with Crippen LogP contribution in [0.25, 0.3) is 5.57 Å². The van der Waals surface area contributed by atoms with Crippen LogP contribution in [0.4, 0.5) is 5.69 Å². The Morgan fingerprint density at radius 1 is 0.870 bits per heavy atom. The number of nitrogens with one attached hydrogen (secondary N) is 1. The van der Waals surface area contributed by atoms with Gasteiger partial charge in [-0.3, -0.25) is 5.43 Å². The van der Waals surface area contributed by atoms with Gasteiger partial charge in [0.25, 0.3) is 0 Å². The van der Waals surface area contributed by atoms with Crippen molar-refractivity contribution < 1.29 is 0 Å². The SMILES string of the molecule is N#CC(C#N)=C(C#N)c1ccc(N/N=C/c2ccccc2)cc1. The molecule has 5 heteroatoms. The van der Waals surface area contributed by atoms with E-state index in [1.807, 2.05) is 36.4 Å². The fraction of sp³-hybridized carbons (Fsp3) is 0. The van der Waals surface area contributed by atoms with Gasteiger partial charge in [-0.2, -0.15) is 20.9 Å². The highest BCUT2D eigenvalue weighted by molar-refractivity contribution is 5.85. The molecule has 2 aromatic rings. The lowest BCUT2D eigenvalue weighted by atomic mass is 10.0. The van der Waals surface area contributed by atoms with Gasteiger partial charge >= 0.3 is 0 Å². The Balaban J connectivity index is 2.13. The summed E-state index contributed by atoms with van der Waals surface area (Å²) in [6.45, 7) is 0. The maximum absolute atomic E-state index is 9.10. The van der Waals surface area contributed by atoms with Gasteiger partial charge in [-0.25, -0.2) is 0 Å². The largest absolute Gasteiger partial charge is 0.279 e.